The Bertz CT molecular complexity index is 3050. The van der Waals surface area contributed by atoms with Gasteiger partial charge in [0.15, 0.2) is 23.0 Å². The van der Waals surface area contributed by atoms with Crippen LogP contribution < -0.4 is 19.3 Å². The third kappa shape index (κ3) is 3.54. The third-order valence-electron chi connectivity index (χ3n) is 11.4. The van der Waals surface area contributed by atoms with Crippen LogP contribution in [0.25, 0.3) is 55.0 Å². The van der Waals surface area contributed by atoms with Gasteiger partial charge in [0.25, 0.3) is 0 Å². The molecule has 0 unspecified atom stereocenters. The van der Waals surface area contributed by atoms with Gasteiger partial charge < -0.3 is 28.4 Å². The summed E-state index contributed by atoms with van der Waals surface area (Å²) in [6.07, 6.45) is 0. The summed E-state index contributed by atoms with van der Waals surface area (Å²) >= 11 is 0. The second-order valence-electron chi connectivity index (χ2n) is 14.2. The van der Waals surface area contributed by atoms with Crippen LogP contribution in [-0.4, -0.2) is 9.13 Å². The van der Waals surface area contributed by atoms with Gasteiger partial charge in [-0.05, 0) is 72.8 Å². The summed E-state index contributed by atoms with van der Waals surface area (Å²) in [5.74, 6) is 2.73. The molecular weight excluding hydrogens is 665 g/mol. The average Bonchev–Trinajstić information content (AvgIpc) is 3.75. The predicted octanol–water partition coefficient (Wildman–Crippen LogP) is 13.3. The maximum absolute atomic E-state index is 6.81. The lowest BCUT2D eigenvalue weighted by Crippen LogP contribution is -2.18. The molecule has 0 aliphatic carbocycles. The van der Waals surface area contributed by atoms with E-state index in [1.165, 1.54) is 43.6 Å². The molecule has 0 fully saturated rings. The van der Waals surface area contributed by atoms with Crippen LogP contribution in [0.2, 0.25) is 0 Å². The van der Waals surface area contributed by atoms with Crippen LogP contribution in [0.3, 0.4) is 0 Å². The molecule has 8 aromatic carbocycles. The standard InChI is InChI=1S/C48H28N4O2/c1-3-15-35-31(11-1)33-13-9-21-41-47(33)51(35)39-19-7-5-17-37(39)49(41)29-23-25-43-45(27-29)54-46-28-30(24-26-44(46)53-43)50-38-18-6-8-20-40(38)52-36-16-4-2-12-32(36)34-14-10-22-42(50)48(34)52/h1-28H. The number of anilines is 6. The molecule has 0 amide bonds. The molecule has 0 saturated heterocycles. The fourth-order valence-electron chi connectivity index (χ4n) is 9.20. The molecule has 0 saturated carbocycles. The van der Waals surface area contributed by atoms with Crippen LogP contribution in [0, 0.1) is 0 Å². The van der Waals surface area contributed by atoms with E-state index < -0.39 is 0 Å². The van der Waals surface area contributed by atoms with E-state index >= 15 is 0 Å². The zero-order valence-electron chi connectivity index (χ0n) is 28.8. The van der Waals surface area contributed by atoms with Gasteiger partial charge in [0.2, 0.25) is 0 Å². The molecule has 5 heterocycles. The van der Waals surface area contributed by atoms with E-state index in [4.69, 9.17) is 9.47 Å². The van der Waals surface area contributed by atoms with Crippen molar-refractivity contribution in [2.75, 3.05) is 9.80 Å². The number of nitrogens with zero attached hydrogens (tertiary/aromatic N) is 4. The number of hydrogen-bond acceptors (Lipinski definition) is 4. The Morgan fingerprint density at radius 3 is 1.19 bits per heavy atom. The van der Waals surface area contributed by atoms with Crippen molar-refractivity contribution >= 4 is 77.7 Å². The molecule has 2 aromatic heterocycles. The maximum Gasteiger partial charge on any atom is 0.172 e. The second kappa shape index (κ2) is 10.1. The molecule has 6 nitrogen and oxygen atoms in total. The normalized spacial score (nSPS) is 13.4. The smallest absolute Gasteiger partial charge is 0.172 e. The van der Waals surface area contributed by atoms with E-state index in [-0.39, 0.29) is 0 Å². The van der Waals surface area contributed by atoms with E-state index in [9.17, 15) is 0 Å². The molecule has 0 spiro atoms. The van der Waals surface area contributed by atoms with Gasteiger partial charge in [0.1, 0.15) is 0 Å². The monoisotopic (exact) mass is 692 g/mol. The highest BCUT2D eigenvalue weighted by Gasteiger charge is 2.32. The molecule has 0 bridgehead atoms. The first-order valence-electron chi connectivity index (χ1n) is 18.3. The van der Waals surface area contributed by atoms with Gasteiger partial charge in [0, 0.05) is 33.7 Å². The summed E-state index contributed by atoms with van der Waals surface area (Å²) in [4.78, 5) is 4.69. The Kier molecular flexibility index (Phi) is 5.28. The average molecular weight is 693 g/mol. The van der Waals surface area contributed by atoms with Gasteiger partial charge in [0.05, 0.1) is 67.6 Å². The highest BCUT2D eigenvalue weighted by Crippen LogP contribution is 2.55. The molecule has 13 rings (SSSR count). The number of para-hydroxylation sites is 8. The van der Waals surface area contributed by atoms with Gasteiger partial charge in [-0.1, -0.05) is 84.9 Å². The number of ether oxygens (including phenoxy) is 2. The second-order valence-corrected chi connectivity index (χ2v) is 14.2. The van der Waals surface area contributed by atoms with Crippen LogP contribution in [0.15, 0.2) is 170 Å². The zero-order chi connectivity index (χ0) is 35.1. The summed E-state index contributed by atoms with van der Waals surface area (Å²) in [6, 6.07) is 60.3. The Morgan fingerprint density at radius 2 is 0.685 bits per heavy atom. The molecule has 0 atom stereocenters. The maximum atomic E-state index is 6.81. The molecule has 0 N–H and O–H groups in total. The largest absolute Gasteiger partial charge is 0.450 e. The molecule has 6 heteroatoms. The van der Waals surface area contributed by atoms with Crippen molar-refractivity contribution in [1.82, 2.24) is 9.13 Å². The first-order chi connectivity index (χ1) is 26.8. The minimum Gasteiger partial charge on any atom is -0.450 e. The lowest BCUT2D eigenvalue weighted by molar-refractivity contribution is 0.360. The third-order valence-corrected chi connectivity index (χ3v) is 11.4. The number of rotatable bonds is 2. The minimum absolute atomic E-state index is 0.675. The first-order valence-corrected chi connectivity index (χ1v) is 18.3. The van der Waals surface area contributed by atoms with Gasteiger partial charge in [-0.3, -0.25) is 0 Å². The van der Waals surface area contributed by atoms with Gasteiger partial charge in [-0.2, -0.15) is 0 Å². The molecule has 10 aromatic rings. The van der Waals surface area contributed by atoms with Crippen molar-refractivity contribution in [3.05, 3.63) is 170 Å². The molecular formula is C48H28N4O2. The summed E-state index contributed by atoms with van der Waals surface area (Å²) < 4.78 is 18.2. The van der Waals surface area contributed by atoms with Crippen molar-refractivity contribution in [2.24, 2.45) is 0 Å². The van der Waals surface area contributed by atoms with Crippen LogP contribution >= 0.6 is 0 Å². The number of benzene rings is 8. The van der Waals surface area contributed by atoms with Crippen molar-refractivity contribution < 1.29 is 9.47 Å². The van der Waals surface area contributed by atoms with Gasteiger partial charge in [-0.15, -0.1) is 0 Å². The molecule has 3 aliphatic rings. The molecule has 252 valence electrons. The predicted molar refractivity (Wildman–Crippen MR) is 218 cm³/mol. The van der Waals surface area contributed by atoms with E-state index in [0.29, 0.717) is 23.0 Å². The fraction of sp³-hybridized carbons (Fsp3) is 0. The van der Waals surface area contributed by atoms with Crippen molar-refractivity contribution in [1.29, 1.82) is 0 Å². The summed E-state index contributed by atoms with van der Waals surface area (Å²) in [5.41, 5.74) is 13.5. The van der Waals surface area contributed by atoms with E-state index in [1.807, 2.05) is 12.1 Å². The topological polar surface area (TPSA) is 34.8 Å². The Morgan fingerprint density at radius 1 is 0.296 bits per heavy atom. The van der Waals surface area contributed by atoms with Crippen molar-refractivity contribution in [3.8, 4) is 34.4 Å². The minimum atomic E-state index is 0.675. The number of hydrogen-bond donors (Lipinski definition) is 0. The highest BCUT2D eigenvalue weighted by atomic mass is 16.6. The fourth-order valence-corrected chi connectivity index (χ4v) is 9.20. The lowest BCUT2D eigenvalue weighted by Gasteiger charge is -2.34. The van der Waals surface area contributed by atoms with Gasteiger partial charge in [-0.25, -0.2) is 0 Å². The lowest BCUT2D eigenvalue weighted by atomic mass is 10.1. The van der Waals surface area contributed by atoms with Gasteiger partial charge >= 0.3 is 0 Å². The summed E-state index contributed by atoms with van der Waals surface area (Å²) in [5, 5.41) is 4.96. The van der Waals surface area contributed by atoms with E-state index in [1.54, 1.807) is 0 Å². The number of fused-ring (bicyclic) bond motifs is 12. The SMILES string of the molecule is c1ccc2c(c1)N(c1ccc3c(c1)Oc1cc(N4c5ccccc5-n5c6ccccc6c6cccc4c65)ccc1O3)c1cccc3c4ccccc4n-2c13. The van der Waals surface area contributed by atoms with E-state index in [2.05, 4.69) is 177 Å². The molecule has 54 heavy (non-hydrogen) atoms. The zero-order valence-corrected chi connectivity index (χ0v) is 28.8. The summed E-state index contributed by atoms with van der Waals surface area (Å²) in [7, 11) is 0. The van der Waals surface area contributed by atoms with Crippen LogP contribution in [0.5, 0.6) is 23.0 Å². The Labute approximate surface area is 309 Å². The summed E-state index contributed by atoms with van der Waals surface area (Å²) in [6.45, 7) is 0. The number of aromatic nitrogens is 2. The van der Waals surface area contributed by atoms with Crippen molar-refractivity contribution in [3.63, 3.8) is 0 Å². The van der Waals surface area contributed by atoms with Crippen LogP contribution in [0.4, 0.5) is 34.1 Å². The molecule has 0 radical (unpaired) electrons. The van der Waals surface area contributed by atoms with Crippen LogP contribution in [-0.2, 0) is 0 Å². The Balaban J connectivity index is 0.947. The van der Waals surface area contributed by atoms with Crippen LogP contribution in [0.1, 0.15) is 0 Å². The highest BCUT2D eigenvalue weighted by molar-refractivity contribution is 6.18. The van der Waals surface area contributed by atoms with E-state index in [0.717, 1.165) is 45.5 Å². The van der Waals surface area contributed by atoms with Crippen molar-refractivity contribution in [2.45, 2.75) is 0 Å². The quantitative estimate of drug-likeness (QED) is 0.181. The first kappa shape index (κ1) is 28.2. The molecule has 3 aliphatic heterocycles. The Hall–Kier alpha value is -7.44.